The minimum Gasteiger partial charge on any atom is -0.320 e. The first kappa shape index (κ1) is 8.05. The zero-order chi connectivity index (χ0) is 19.0. The number of nitrogens with one attached hydrogen (secondary N) is 1. The highest BCUT2D eigenvalue weighted by Crippen LogP contribution is 2.25. The highest BCUT2D eigenvalue weighted by molar-refractivity contribution is 5.95. The van der Waals surface area contributed by atoms with Crippen LogP contribution in [0.3, 0.4) is 0 Å². The van der Waals surface area contributed by atoms with E-state index in [9.17, 15) is 4.79 Å². The average molecular weight is 267 g/mol. The van der Waals surface area contributed by atoms with E-state index in [4.69, 9.17) is 8.22 Å². The number of nitrogens with zero attached hydrogens (tertiary/aromatic N) is 1. The maximum Gasteiger partial charge on any atom is 0.282 e. The summed E-state index contributed by atoms with van der Waals surface area (Å²) in [4.78, 5) is 13.0. The van der Waals surface area contributed by atoms with Crippen LogP contribution in [0.5, 0.6) is 0 Å². The number of quaternary nitrogens is 1. The second-order valence-corrected chi connectivity index (χ2v) is 5.36. The molecule has 0 aromatic heterocycles. The van der Waals surface area contributed by atoms with Crippen LogP contribution in [0, 0.1) is 13.8 Å². The van der Waals surface area contributed by atoms with Gasteiger partial charge in [0.1, 0.15) is 0 Å². The summed E-state index contributed by atoms with van der Waals surface area (Å²) < 4.78 is 46.1. The molecule has 0 saturated carbocycles. The molecule has 3 heteroatoms. The quantitative estimate of drug-likeness (QED) is 0.820. The lowest BCUT2D eigenvalue weighted by molar-refractivity contribution is -0.910. The van der Waals surface area contributed by atoms with Crippen LogP contribution >= 0.6 is 0 Å². The van der Waals surface area contributed by atoms with E-state index in [0.29, 0.717) is 18.5 Å². The minimum atomic E-state index is -2.80. The van der Waals surface area contributed by atoms with Crippen LogP contribution < -0.4 is 5.32 Å². The largest absolute Gasteiger partial charge is 0.320 e. The fourth-order valence-electron chi connectivity index (χ4n) is 2.62. The highest BCUT2D eigenvalue weighted by Gasteiger charge is 2.37. The third kappa shape index (κ3) is 2.98. The minimum absolute atomic E-state index is 0.0577. The Morgan fingerprint density at radius 1 is 1.32 bits per heavy atom. The standard InChI is InChI=1S/C16H24N2O/c1-12-8-7-9-13(2)15(12)17-16(19)14-10-5-6-11-18(14,3)4/h7-9,14H,5-6,10-11H2,1-4H3/p+1/i3D3,4D3. The van der Waals surface area contributed by atoms with E-state index in [1.165, 1.54) is 0 Å². The molecule has 1 amide bonds. The second-order valence-electron chi connectivity index (χ2n) is 5.36. The summed E-state index contributed by atoms with van der Waals surface area (Å²) in [5, 5.41) is 2.79. The van der Waals surface area contributed by atoms with Gasteiger partial charge in [0.2, 0.25) is 0 Å². The Labute approximate surface area is 124 Å². The van der Waals surface area contributed by atoms with Crippen molar-refractivity contribution >= 4 is 11.6 Å². The number of hydrogen-bond donors (Lipinski definition) is 1. The van der Waals surface area contributed by atoms with Crippen molar-refractivity contribution in [3.8, 4) is 0 Å². The Bertz CT molecular complexity index is 619. The van der Waals surface area contributed by atoms with Gasteiger partial charge in [-0.3, -0.25) is 4.79 Å². The predicted molar refractivity (Wildman–Crippen MR) is 79.2 cm³/mol. The number of anilines is 1. The van der Waals surface area contributed by atoms with E-state index in [0.717, 1.165) is 11.1 Å². The van der Waals surface area contributed by atoms with Gasteiger partial charge < -0.3 is 9.80 Å². The number of piperidine rings is 1. The van der Waals surface area contributed by atoms with Gasteiger partial charge in [-0.2, -0.15) is 0 Å². The van der Waals surface area contributed by atoms with E-state index < -0.39 is 30.4 Å². The lowest BCUT2D eigenvalue weighted by atomic mass is 9.99. The summed E-state index contributed by atoms with van der Waals surface area (Å²) in [5.74, 6) is -0.538. The molecular formula is C16H25N2O+. The Kier molecular flexibility index (Phi) is 2.26. The van der Waals surface area contributed by atoms with Crippen molar-refractivity contribution in [1.82, 2.24) is 0 Å². The molecule has 1 fully saturated rings. The molecule has 0 spiro atoms. The van der Waals surface area contributed by atoms with Gasteiger partial charge in [0.15, 0.2) is 6.04 Å². The monoisotopic (exact) mass is 267 g/mol. The molecular weight excluding hydrogens is 236 g/mol. The van der Waals surface area contributed by atoms with Gasteiger partial charge in [-0.1, -0.05) is 18.2 Å². The number of rotatable bonds is 2. The van der Waals surface area contributed by atoms with E-state index >= 15 is 0 Å². The number of likely N-dealkylation sites (tertiary alicyclic amines) is 1. The number of para-hydroxylation sites is 1. The normalized spacial score (nSPS) is 28.0. The summed E-state index contributed by atoms with van der Waals surface area (Å²) in [5.41, 5.74) is 2.32. The van der Waals surface area contributed by atoms with Crippen molar-refractivity contribution in [2.75, 3.05) is 25.8 Å². The molecule has 19 heavy (non-hydrogen) atoms. The van der Waals surface area contributed by atoms with Crippen LogP contribution in [-0.2, 0) is 4.79 Å². The molecule has 0 bridgehead atoms. The van der Waals surface area contributed by atoms with Crippen molar-refractivity contribution < 1.29 is 17.5 Å². The lowest BCUT2D eigenvalue weighted by Crippen LogP contribution is -2.57. The SMILES string of the molecule is [2H]C([2H])([2H])[N+]1(C([2H])([2H])[2H])CCCCC1C(=O)Nc1c(C)cccc1C. The molecule has 1 atom stereocenters. The number of amides is 1. The number of carbonyl (C=O) groups is 1. The first-order valence-electron chi connectivity index (χ1n) is 9.67. The Morgan fingerprint density at radius 2 is 2.00 bits per heavy atom. The van der Waals surface area contributed by atoms with Crippen molar-refractivity contribution in [1.29, 1.82) is 0 Å². The molecule has 1 N–H and O–H groups in total. The van der Waals surface area contributed by atoms with Crippen molar-refractivity contribution in [2.45, 2.75) is 39.2 Å². The van der Waals surface area contributed by atoms with E-state index in [1.54, 1.807) is 0 Å². The molecule has 0 radical (unpaired) electrons. The summed E-state index contributed by atoms with van der Waals surface area (Å²) in [7, 11) is 0. The Hall–Kier alpha value is -1.35. The molecule has 1 aromatic rings. The zero-order valence-corrected chi connectivity index (χ0v) is 11.5. The number of benzene rings is 1. The number of aryl methyl sites for hydroxylation is 2. The van der Waals surface area contributed by atoms with Crippen molar-refractivity contribution in [3.05, 3.63) is 29.3 Å². The van der Waals surface area contributed by atoms with Gasteiger partial charge in [0.05, 0.1) is 28.7 Å². The van der Waals surface area contributed by atoms with Crippen LogP contribution in [0.2, 0.25) is 0 Å². The maximum atomic E-state index is 13.0. The topological polar surface area (TPSA) is 29.1 Å². The van der Waals surface area contributed by atoms with Crippen LogP contribution in [-0.4, -0.2) is 36.9 Å². The average Bonchev–Trinajstić information content (AvgIpc) is 2.48. The van der Waals surface area contributed by atoms with Gasteiger partial charge in [0, 0.05) is 12.1 Å². The van der Waals surface area contributed by atoms with Gasteiger partial charge >= 0.3 is 0 Å². The first-order valence-corrected chi connectivity index (χ1v) is 6.67. The smallest absolute Gasteiger partial charge is 0.282 e. The Morgan fingerprint density at radius 3 is 2.63 bits per heavy atom. The highest BCUT2D eigenvalue weighted by atomic mass is 16.2. The van der Waals surface area contributed by atoms with Gasteiger partial charge in [-0.05, 0) is 37.8 Å². The summed E-state index contributed by atoms with van der Waals surface area (Å²) >= 11 is 0. The fraction of sp³-hybridized carbons (Fsp3) is 0.562. The van der Waals surface area contributed by atoms with Crippen LogP contribution in [0.1, 0.15) is 38.6 Å². The third-order valence-corrected chi connectivity index (χ3v) is 3.80. The van der Waals surface area contributed by atoms with Crippen LogP contribution in [0.4, 0.5) is 5.69 Å². The third-order valence-electron chi connectivity index (χ3n) is 3.80. The number of hydrogen-bond acceptors (Lipinski definition) is 1. The maximum absolute atomic E-state index is 13.0. The van der Waals surface area contributed by atoms with Crippen molar-refractivity contribution in [2.24, 2.45) is 0 Å². The molecule has 1 saturated heterocycles. The zero-order valence-electron chi connectivity index (χ0n) is 17.5. The first-order chi connectivity index (χ1) is 11.4. The van der Waals surface area contributed by atoms with Gasteiger partial charge in [0.25, 0.3) is 5.91 Å². The molecule has 1 unspecified atom stereocenters. The predicted octanol–water partition coefficient (Wildman–Crippen LogP) is 2.87. The summed E-state index contributed by atoms with van der Waals surface area (Å²) in [6, 6.07) is 4.43. The number of carbonyl (C=O) groups excluding carboxylic acids is 1. The number of likely N-dealkylation sites (N-methyl/N-ethyl adjacent to an activating group) is 1. The molecule has 1 aromatic carbocycles. The molecule has 104 valence electrons. The molecule has 1 aliphatic heterocycles. The van der Waals surface area contributed by atoms with E-state index in [1.807, 2.05) is 32.0 Å². The van der Waals surface area contributed by atoms with Gasteiger partial charge in [-0.25, -0.2) is 0 Å². The Balaban J connectivity index is 2.45. The summed E-state index contributed by atoms with van der Waals surface area (Å²) in [6.07, 6.45) is 1.36. The summed E-state index contributed by atoms with van der Waals surface area (Å²) in [6.45, 7) is -1.96. The molecule has 0 aliphatic carbocycles. The van der Waals surface area contributed by atoms with E-state index in [-0.39, 0.29) is 13.0 Å². The van der Waals surface area contributed by atoms with Crippen LogP contribution in [0.15, 0.2) is 18.2 Å². The van der Waals surface area contributed by atoms with Crippen LogP contribution in [0.25, 0.3) is 0 Å². The fourth-order valence-corrected chi connectivity index (χ4v) is 2.62. The lowest BCUT2D eigenvalue weighted by Gasteiger charge is -2.40. The van der Waals surface area contributed by atoms with Gasteiger partial charge in [-0.15, -0.1) is 0 Å². The molecule has 2 rings (SSSR count). The molecule has 3 nitrogen and oxygen atoms in total. The molecule has 1 aliphatic rings. The molecule has 1 heterocycles. The van der Waals surface area contributed by atoms with E-state index in [2.05, 4.69) is 5.32 Å². The van der Waals surface area contributed by atoms with Crippen molar-refractivity contribution in [3.63, 3.8) is 0 Å². The second kappa shape index (κ2) is 5.33.